The Morgan fingerprint density at radius 2 is 1.90 bits per heavy atom. The van der Waals surface area contributed by atoms with Crippen LogP contribution in [0.3, 0.4) is 0 Å². The van der Waals surface area contributed by atoms with Gasteiger partial charge < -0.3 is 15.7 Å². The van der Waals surface area contributed by atoms with Gasteiger partial charge in [0.25, 0.3) is 0 Å². The van der Waals surface area contributed by atoms with Crippen LogP contribution >= 0.6 is 0 Å². The van der Waals surface area contributed by atoms with Crippen LogP contribution in [0, 0.1) is 5.82 Å². The summed E-state index contributed by atoms with van der Waals surface area (Å²) in [6.07, 6.45) is 2.52. The molecule has 0 fully saturated rings. The van der Waals surface area contributed by atoms with Crippen molar-refractivity contribution in [2.24, 2.45) is 0 Å². The maximum Gasteiger partial charge on any atom is 0.337 e. The summed E-state index contributed by atoms with van der Waals surface area (Å²) in [7, 11) is 0. The van der Waals surface area contributed by atoms with Crippen LogP contribution in [0.15, 0.2) is 42.7 Å². The number of carbonyl (C=O) groups excluding carboxylic acids is 1. The number of anilines is 1. The van der Waals surface area contributed by atoms with Gasteiger partial charge in [-0.1, -0.05) is 12.1 Å². The van der Waals surface area contributed by atoms with E-state index in [9.17, 15) is 14.0 Å². The molecule has 2 rings (SSSR count). The minimum absolute atomic E-state index is 0.0219. The topological polar surface area (TPSA) is 91.3 Å². The Morgan fingerprint density at radius 3 is 2.57 bits per heavy atom. The standard InChI is InChI=1S/C14H12FN3O3/c15-11-3-1-9(2-4-11)6-17-14(21)18-12-5-10(13(19)20)7-16-8-12/h1-5,7-8H,6H2,(H,19,20)(H2,17,18,21). The number of carboxylic acids is 1. The monoisotopic (exact) mass is 289 g/mol. The lowest BCUT2D eigenvalue weighted by Gasteiger charge is -2.08. The summed E-state index contributed by atoms with van der Waals surface area (Å²) in [5.41, 5.74) is 0.988. The van der Waals surface area contributed by atoms with Gasteiger partial charge in [-0.05, 0) is 23.8 Å². The third-order valence-electron chi connectivity index (χ3n) is 2.61. The van der Waals surface area contributed by atoms with Crippen LogP contribution in [-0.2, 0) is 6.54 Å². The number of benzene rings is 1. The molecule has 0 aliphatic carbocycles. The van der Waals surface area contributed by atoms with Crippen molar-refractivity contribution < 1.29 is 19.1 Å². The van der Waals surface area contributed by atoms with Gasteiger partial charge in [0.1, 0.15) is 5.82 Å². The lowest BCUT2D eigenvalue weighted by molar-refractivity contribution is 0.0696. The molecule has 0 aliphatic heterocycles. The van der Waals surface area contributed by atoms with Crippen molar-refractivity contribution in [1.82, 2.24) is 10.3 Å². The fraction of sp³-hybridized carbons (Fsp3) is 0.0714. The van der Waals surface area contributed by atoms with Crippen LogP contribution in [0.2, 0.25) is 0 Å². The summed E-state index contributed by atoms with van der Waals surface area (Å²) in [5.74, 6) is -1.47. The van der Waals surface area contributed by atoms with Gasteiger partial charge in [0.15, 0.2) is 0 Å². The van der Waals surface area contributed by atoms with Gasteiger partial charge in [0.05, 0.1) is 17.4 Å². The summed E-state index contributed by atoms with van der Waals surface area (Å²) >= 11 is 0. The van der Waals surface area contributed by atoms with Crippen LogP contribution < -0.4 is 10.6 Å². The van der Waals surface area contributed by atoms with Gasteiger partial charge >= 0.3 is 12.0 Å². The minimum Gasteiger partial charge on any atom is -0.478 e. The SMILES string of the molecule is O=C(NCc1ccc(F)cc1)Nc1cncc(C(=O)O)c1. The summed E-state index contributed by atoms with van der Waals surface area (Å²) < 4.78 is 12.7. The smallest absolute Gasteiger partial charge is 0.337 e. The Balaban J connectivity index is 1.91. The molecule has 6 nitrogen and oxygen atoms in total. The number of carboxylic acid groups (broad SMARTS) is 1. The third kappa shape index (κ3) is 4.27. The van der Waals surface area contributed by atoms with Gasteiger partial charge in [-0.15, -0.1) is 0 Å². The lowest BCUT2D eigenvalue weighted by atomic mass is 10.2. The van der Waals surface area contributed by atoms with E-state index in [2.05, 4.69) is 15.6 Å². The molecule has 0 radical (unpaired) electrons. The van der Waals surface area contributed by atoms with Crippen molar-refractivity contribution >= 4 is 17.7 Å². The number of nitrogens with zero attached hydrogens (tertiary/aromatic N) is 1. The minimum atomic E-state index is -1.13. The first-order chi connectivity index (χ1) is 10.0. The summed E-state index contributed by atoms with van der Waals surface area (Å²) in [5, 5.41) is 13.9. The number of carbonyl (C=O) groups is 2. The second-order valence-electron chi connectivity index (χ2n) is 4.20. The number of nitrogens with one attached hydrogen (secondary N) is 2. The number of halogens is 1. The zero-order chi connectivity index (χ0) is 15.2. The van der Waals surface area contributed by atoms with Gasteiger partial charge in [-0.2, -0.15) is 0 Å². The second-order valence-corrected chi connectivity index (χ2v) is 4.20. The zero-order valence-corrected chi connectivity index (χ0v) is 10.8. The maximum atomic E-state index is 12.7. The van der Waals surface area contributed by atoms with Crippen LogP contribution in [-0.4, -0.2) is 22.1 Å². The average molecular weight is 289 g/mol. The first-order valence-corrected chi connectivity index (χ1v) is 6.02. The molecule has 1 aromatic heterocycles. The number of aromatic carboxylic acids is 1. The number of hydrogen-bond donors (Lipinski definition) is 3. The Labute approximate surface area is 119 Å². The number of rotatable bonds is 4. The Hall–Kier alpha value is -2.96. The van der Waals surface area contributed by atoms with Crippen molar-refractivity contribution in [3.8, 4) is 0 Å². The Morgan fingerprint density at radius 1 is 1.19 bits per heavy atom. The highest BCUT2D eigenvalue weighted by Crippen LogP contribution is 2.08. The van der Waals surface area contributed by atoms with Gasteiger partial charge in [0.2, 0.25) is 0 Å². The van der Waals surface area contributed by atoms with Gasteiger partial charge in [-0.25, -0.2) is 14.0 Å². The number of hydrogen-bond acceptors (Lipinski definition) is 3. The molecule has 2 amide bonds. The van der Waals surface area contributed by atoms with Gasteiger partial charge in [-0.3, -0.25) is 4.98 Å². The van der Waals surface area contributed by atoms with Crippen LogP contribution in [0.1, 0.15) is 15.9 Å². The highest BCUT2D eigenvalue weighted by molar-refractivity contribution is 5.92. The highest BCUT2D eigenvalue weighted by Gasteiger charge is 2.06. The lowest BCUT2D eigenvalue weighted by Crippen LogP contribution is -2.28. The molecule has 0 aliphatic rings. The number of pyridine rings is 1. The van der Waals surface area contributed by atoms with E-state index >= 15 is 0 Å². The molecule has 1 aromatic carbocycles. The normalized spacial score (nSPS) is 9.95. The molecular formula is C14H12FN3O3. The van der Waals surface area contributed by atoms with Crippen molar-refractivity contribution in [2.75, 3.05) is 5.32 Å². The van der Waals surface area contributed by atoms with Gasteiger partial charge in [0, 0.05) is 12.7 Å². The molecule has 0 spiro atoms. The van der Waals surface area contributed by atoms with E-state index in [0.717, 1.165) is 5.56 Å². The average Bonchev–Trinajstić information content (AvgIpc) is 2.47. The fourth-order valence-electron chi connectivity index (χ4n) is 1.59. The third-order valence-corrected chi connectivity index (χ3v) is 2.61. The molecule has 21 heavy (non-hydrogen) atoms. The molecule has 1 heterocycles. The molecule has 2 aromatic rings. The van der Waals surface area contributed by atoms with Crippen LogP contribution in [0.5, 0.6) is 0 Å². The van der Waals surface area contributed by atoms with Crippen molar-refractivity contribution in [1.29, 1.82) is 0 Å². The molecule has 108 valence electrons. The summed E-state index contributed by atoms with van der Waals surface area (Å²) in [6, 6.07) is 6.50. The van der Waals surface area contributed by atoms with Crippen molar-refractivity contribution in [3.63, 3.8) is 0 Å². The van der Waals surface area contributed by atoms with E-state index in [4.69, 9.17) is 5.11 Å². The van der Waals surface area contributed by atoms with E-state index in [-0.39, 0.29) is 23.6 Å². The predicted octanol–water partition coefficient (Wildman–Crippen LogP) is 2.24. The summed E-state index contributed by atoms with van der Waals surface area (Å²) in [6.45, 7) is 0.220. The van der Waals surface area contributed by atoms with Crippen molar-refractivity contribution in [2.45, 2.75) is 6.54 Å². The second kappa shape index (κ2) is 6.47. The molecule has 0 saturated heterocycles. The molecule has 7 heteroatoms. The number of aromatic nitrogens is 1. The maximum absolute atomic E-state index is 12.7. The van der Waals surface area contributed by atoms with E-state index in [0.29, 0.717) is 0 Å². The first-order valence-electron chi connectivity index (χ1n) is 6.02. The molecule has 0 bridgehead atoms. The largest absolute Gasteiger partial charge is 0.478 e. The van der Waals surface area contributed by atoms with Crippen LogP contribution in [0.25, 0.3) is 0 Å². The Bertz CT molecular complexity index is 659. The highest BCUT2D eigenvalue weighted by atomic mass is 19.1. The van der Waals surface area contributed by atoms with E-state index < -0.39 is 12.0 Å². The first kappa shape index (κ1) is 14.4. The molecule has 0 unspecified atom stereocenters. The molecular weight excluding hydrogens is 277 g/mol. The number of amides is 2. The predicted molar refractivity (Wildman–Crippen MR) is 73.5 cm³/mol. The van der Waals surface area contributed by atoms with Crippen molar-refractivity contribution in [3.05, 3.63) is 59.7 Å². The van der Waals surface area contributed by atoms with E-state index in [1.807, 2.05) is 0 Å². The molecule has 0 atom stereocenters. The summed E-state index contributed by atoms with van der Waals surface area (Å²) in [4.78, 5) is 26.2. The van der Waals surface area contributed by atoms with E-state index in [1.165, 1.54) is 30.6 Å². The Kier molecular flexibility index (Phi) is 4.45. The zero-order valence-electron chi connectivity index (χ0n) is 10.8. The van der Waals surface area contributed by atoms with Crippen LogP contribution in [0.4, 0.5) is 14.9 Å². The molecule has 0 saturated carbocycles. The quantitative estimate of drug-likeness (QED) is 0.805. The van der Waals surface area contributed by atoms with E-state index in [1.54, 1.807) is 12.1 Å². The number of urea groups is 1. The fourth-order valence-corrected chi connectivity index (χ4v) is 1.59. The molecule has 3 N–H and O–H groups in total.